The first-order valence-electron chi connectivity index (χ1n) is 7.66. The Morgan fingerprint density at radius 1 is 0.875 bits per heavy atom. The number of nitrogens with zero attached hydrogens (tertiary/aromatic N) is 4. The van der Waals surface area contributed by atoms with Crippen molar-refractivity contribution in [1.82, 2.24) is 19.9 Å². The van der Waals surface area contributed by atoms with Crippen LogP contribution in [0.1, 0.15) is 5.56 Å². The molecule has 0 atom stereocenters. The molecule has 4 rings (SSSR count). The smallest absolute Gasteiger partial charge is 0.165 e. The van der Waals surface area contributed by atoms with Gasteiger partial charge in [0.1, 0.15) is 5.82 Å². The molecule has 5 heteroatoms. The van der Waals surface area contributed by atoms with Gasteiger partial charge in [0, 0.05) is 29.8 Å². The summed E-state index contributed by atoms with van der Waals surface area (Å²) in [5.41, 5.74) is 3.73. The third kappa shape index (κ3) is 2.79. The Balaban J connectivity index is 1.88. The summed E-state index contributed by atoms with van der Waals surface area (Å²) in [5.74, 6) is 1.39. The van der Waals surface area contributed by atoms with E-state index in [4.69, 9.17) is 4.98 Å². The number of anilines is 2. The Morgan fingerprint density at radius 2 is 1.75 bits per heavy atom. The van der Waals surface area contributed by atoms with Crippen LogP contribution in [-0.4, -0.2) is 19.9 Å². The van der Waals surface area contributed by atoms with E-state index in [1.54, 1.807) is 18.6 Å². The average Bonchev–Trinajstić information content (AvgIpc) is 2.62. The molecule has 0 spiro atoms. The van der Waals surface area contributed by atoms with Crippen molar-refractivity contribution in [3.63, 3.8) is 0 Å². The summed E-state index contributed by atoms with van der Waals surface area (Å²) in [6, 6.07) is 15.8. The summed E-state index contributed by atoms with van der Waals surface area (Å²) in [6.45, 7) is 2.05. The van der Waals surface area contributed by atoms with Gasteiger partial charge in [-0.3, -0.25) is 4.98 Å². The molecular formula is C19H15N5. The van der Waals surface area contributed by atoms with E-state index < -0.39 is 0 Å². The van der Waals surface area contributed by atoms with Gasteiger partial charge in [-0.1, -0.05) is 23.8 Å². The summed E-state index contributed by atoms with van der Waals surface area (Å²) in [7, 11) is 0. The topological polar surface area (TPSA) is 63.6 Å². The highest BCUT2D eigenvalue weighted by Gasteiger charge is 2.10. The number of nitrogens with one attached hydrogen (secondary N) is 1. The Hall–Kier alpha value is -3.34. The SMILES string of the molecule is Cc1cccc(-c2nc(Nc3ccncc3)c3cccnc3n2)c1. The first kappa shape index (κ1) is 14.3. The first-order chi connectivity index (χ1) is 11.8. The quantitative estimate of drug-likeness (QED) is 0.616. The lowest BCUT2D eigenvalue weighted by atomic mass is 10.1. The molecule has 0 aliphatic heterocycles. The fourth-order valence-corrected chi connectivity index (χ4v) is 2.54. The minimum Gasteiger partial charge on any atom is -0.339 e. The van der Waals surface area contributed by atoms with Crippen molar-refractivity contribution in [1.29, 1.82) is 0 Å². The van der Waals surface area contributed by atoms with Crippen LogP contribution in [0, 0.1) is 6.92 Å². The molecule has 0 radical (unpaired) electrons. The van der Waals surface area contributed by atoms with Gasteiger partial charge in [0.15, 0.2) is 11.5 Å². The van der Waals surface area contributed by atoms with Gasteiger partial charge in [-0.15, -0.1) is 0 Å². The first-order valence-corrected chi connectivity index (χ1v) is 7.66. The van der Waals surface area contributed by atoms with E-state index in [0.717, 1.165) is 22.5 Å². The highest BCUT2D eigenvalue weighted by Crippen LogP contribution is 2.26. The minimum atomic E-state index is 0.654. The van der Waals surface area contributed by atoms with Crippen molar-refractivity contribution in [3.8, 4) is 11.4 Å². The molecule has 116 valence electrons. The van der Waals surface area contributed by atoms with Crippen molar-refractivity contribution >= 4 is 22.5 Å². The number of aromatic nitrogens is 4. The average molecular weight is 313 g/mol. The second-order valence-corrected chi connectivity index (χ2v) is 5.50. The summed E-state index contributed by atoms with van der Waals surface area (Å²) in [5, 5.41) is 4.22. The van der Waals surface area contributed by atoms with E-state index >= 15 is 0 Å². The van der Waals surface area contributed by atoms with Crippen molar-refractivity contribution in [3.05, 3.63) is 72.7 Å². The molecule has 1 aromatic carbocycles. The lowest BCUT2D eigenvalue weighted by Crippen LogP contribution is -2.00. The number of pyridine rings is 2. The van der Waals surface area contributed by atoms with Crippen LogP contribution in [0.25, 0.3) is 22.4 Å². The molecule has 3 heterocycles. The predicted molar refractivity (Wildman–Crippen MR) is 95.0 cm³/mol. The molecule has 0 fully saturated rings. The molecule has 0 bridgehead atoms. The molecule has 1 N–H and O–H groups in total. The van der Waals surface area contributed by atoms with Gasteiger partial charge in [-0.25, -0.2) is 15.0 Å². The van der Waals surface area contributed by atoms with Gasteiger partial charge in [-0.05, 0) is 37.3 Å². The van der Waals surface area contributed by atoms with E-state index in [1.807, 2.05) is 36.4 Å². The minimum absolute atomic E-state index is 0.654. The van der Waals surface area contributed by atoms with Crippen molar-refractivity contribution in [2.75, 3.05) is 5.32 Å². The van der Waals surface area contributed by atoms with Crippen LogP contribution >= 0.6 is 0 Å². The Kier molecular flexibility index (Phi) is 3.59. The maximum atomic E-state index is 4.72. The Morgan fingerprint density at radius 3 is 2.58 bits per heavy atom. The van der Waals surface area contributed by atoms with E-state index in [2.05, 4.69) is 39.3 Å². The highest BCUT2D eigenvalue weighted by molar-refractivity contribution is 5.89. The number of hydrogen-bond acceptors (Lipinski definition) is 5. The summed E-state index contributed by atoms with van der Waals surface area (Å²) in [6.07, 6.45) is 5.22. The maximum absolute atomic E-state index is 4.72. The van der Waals surface area contributed by atoms with Crippen LogP contribution < -0.4 is 5.32 Å². The van der Waals surface area contributed by atoms with Crippen LogP contribution in [0.4, 0.5) is 11.5 Å². The van der Waals surface area contributed by atoms with Gasteiger partial charge in [-0.2, -0.15) is 0 Å². The van der Waals surface area contributed by atoms with Crippen molar-refractivity contribution in [2.24, 2.45) is 0 Å². The number of hydrogen-bond donors (Lipinski definition) is 1. The number of aryl methyl sites for hydroxylation is 1. The number of fused-ring (bicyclic) bond motifs is 1. The van der Waals surface area contributed by atoms with Crippen molar-refractivity contribution in [2.45, 2.75) is 6.92 Å². The second-order valence-electron chi connectivity index (χ2n) is 5.50. The zero-order chi connectivity index (χ0) is 16.4. The standard InChI is InChI=1S/C19H15N5/c1-13-4-2-5-14(12-13)17-23-18-16(6-3-9-21-18)19(24-17)22-15-7-10-20-11-8-15/h2-12H,1H3,(H,20,21,22,23,24). The molecule has 0 aliphatic rings. The highest BCUT2D eigenvalue weighted by atomic mass is 15.1. The zero-order valence-electron chi connectivity index (χ0n) is 13.1. The van der Waals surface area contributed by atoms with Crippen molar-refractivity contribution < 1.29 is 0 Å². The molecule has 0 amide bonds. The number of benzene rings is 1. The van der Waals surface area contributed by atoms with Crippen LogP contribution in [0.2, 0.25) is 0 Å². The van der Waals surface area contributed by atoms with E-state index in [0.29, 0.717) is 11.5 Å². The lowest BCUT2D eigenvalue weighted by molar-refractivity contribution is 1.18. The normalized spacial score (nSPS) is 10.7. The molecule has 0 saturated heterocycles. The predicted octanol–water partition coefficient (Wildman–Crippen LogP) is 4.14. The second kappa shape index (κ2) is 6.04. The maximum Gasteiger partial charge on any atom is 0.165 e. The number of rotatable bonds is 3. The molecule has 5 nitrogen and oxygen atoms in total. The van der Waals surface area contributed by atoms with Gasteiger partial charge in [0.2, 0.25) is 0 Å². The van der Waals surface area contributed by atoms with Gasteiger partial charge >= 0.3 is 0 Å². The fraction of sp³-hybridized carbons (Fsp3) is 0.0526. The van der Waals surface area contributed by atoms with Gasteiger partial charge in [0.25, 0.3) is 0 Å². The van der Waals surface area contributed by atoms with Crippen LogP contribution in [0.3, 0.4) is 0 Å². The van der Waals surface area contributed by atoms with E-state index in [-0.39, 0.29) is 0 Å². The summed E-state index contributed by atoms with van der Waals surface area (Å²) in [4.78, 5) is 17.8. The van der Waals surface area contributed by atoms with Crippen LogP contribution in [0.15, 0.2) is 67.1 Å². The van der Waals surface area contributed by atoms with Gasteiger partial charge in [0.05, 0.1) is 5.39 Å². The third-order valence-corrected chi connectivity index (χ3v) is 3.69. The molecule has 0 aliphatic carbocycles. The Bertz CT molecular complexity index is 999. The van der Waals surface area contributed by atoms with E-state index in [9.17, 15) is 0 Å². The molecule has 4 aromatic rings. The zero-order valence-corrected chi connectivity index (χ0v) is 13.1. The molecule has 24 heavy (non-hydrogen) atoms. The summed E-state index contributed by atoms with van der Waals surface area (Å²) >= 11 is 0. The van der Waals surface area contributed by atoms with Gasteiger partial charge < -0.3 is 5.32 Å². The Labute approximate surface area is 139 Å². The van der Waals surface area contributed by atoms with E-state index in [1.165, 1.54) is 5.56 Å². The lowest BCUT2D eigenvalue weighted by Gasteiger charge is -2.10. The summed E-state index contributed by atoms with van der Waals surface area (Å²) < 4.78 is 0. The monoisotopic (exact) mass is 313 g/mol. The molecule has 0 saturated carbocycles. The third-order valence-electron chi connectivity index (χ3n) is 3.69. The molecule has 3 aromatic heterocycles. The molecular weight excluding hydrogens is 298 g/mol. The largest absolute Gasteiger partial charge is 0.339 e. The molecule has 0 unspecified atom stereocenters. The van der Waals surface area contributed by atoms with Crippen LogP contribution in [0.5, 0.6) is 0 Å². The van der Waals surface area contributed by atoms with Crippen LogP contribution in [-0.2, 0) is 0 Å². The fourth-order valence-electron chi connectivity index (χ4n) is 2.54.